The minimum Gasteiger partial charge on any atom is -0.447 e. The predicted molar refractivity (Wildman–Crippen MR) is 114 cm³/mol. The molecule has 1 spiro atoms. The molecule has 7 atom stereocenters. The van der Waals surface area contributed by atoms with Gasteiger partial charge in [0.15, 0.2) is 0 Å². The number of piperidine rings is 1. The number of likely N-dealkylation sites (tertiary alicyclic amines) is 1. The monoisotopic (exact) mass is 436 g/mol. The van der Waals surface area contributed by atoms with E-state index in [0.29, 0.717) is 31.4 Å². The molecule has 5 unspecified atom stereocenters. The second-order valence-corrected chi connectivity index (χ2v) is 10.8. The van der Waals surface area contributed by atoms with Gasteiger partial charge in [-0.15, -0.1) is 0 Å². The maximum Gasteiger partial charge on any atom is 0.407 e. The van der Waals surface area contributed by atoms with Crippen molar-refractivity contribution in [2.45, 2.75) is 101 Å². The summed E-state index contributed by atoms with van der Waals surface area (Å²) in [7, 11) is 0. The Hall–Kier alpha value is -1.41. The third kappa shape index (κ3) is 4.30. The molecular formula is C23H37FN4O3. The zero-order valence-corrected chi connectivity index (χ0v) is 18.6. The van der Waals surface area contributed by atoms with Crippen LogP contribution in [0.4, 0.5) is 9.18 Å². The lowest BCUT2D eigenvalue weighted by Crippen LogP contribution is -2.56. The molecule has 3 heterocycles. The highest BCUT2D eigenvalue weighted by molar-refractivity contribution is 5.82. The van der Waals surface area contributed by atoms with Crippen LogP contribution >= 0.6 is 0 Å². The number of alkyl halides is 1. The Morgan fingerprint density at radius 2 is 2.00 bits per heavy atom. The first kappa shape index (κ1) is 21.4. The van der Waals surface area contributed by atoms with Gasteiger partial charge in [-0.2, -0.15) is 0 Å². The molecule has 0 aromatic rings. The standard InChI is InChI=1S/C23H37FN4O3/c1-14-5-6-18(24)17-12-19(26-20(14)17)21(29)25-15-3-2-4-16(11-15)28-9-7-23(8-10-28)13-31-22(30)27-23/h14-20,26H,2-13H2,1H3,(H,25,29)(H,27,30)/t14?,15-,16-,17?,18?,19?,20?/m1/s1. The number of halogens is 1. The van der Waals surface area contributed by atoms with Gasteiger partial charge in [0.25, 0.3) is 0 Å². The zero-order chi connectivity index (χ0) is 21.6. The maximum atomic E-state index is 14.4. The van der Waals surface area contributed by atoms with E-state index in [1.165, 1.54) is 0 Å². The largest absolute Gasteiger partial charge is 0.447 e. The molecule has 0 aromatic heterocycles. The number of hydrogen-bond acceptors (Lipinski definition) is 5. The number of carbonyl (C=O) groups excluding carboxylic acids is 2. The average Bonchev–Trinajstić information content (AvgIpc) is 3.37. The molecule has 3 saturated heterocycles. The van der Waals surface area contributed by atoms with Crippen LogP contribution in [-0.2, 0) is 9.53 Å². The van der Waals surface area contributed by atoms with Crippen molar-refractivity contribution >= 4 is 12.0 Å². The van der Waals surface area contributed by atoms with Gasteiger partial charge >= 0.3 is 6.09 Å². The minimum atomic E-state index is -0.775. The van der Waals surface area contributed by atoms with Crippen LogP contribution in [0, 0.1) is 11.8 Å². The van der Waals surface area contributed by atoms with Crippen LogP contribution in [0.25, 0.3) is 0 Å². The Kier molecular flexibility index (Phi) is 5.88. The maximum absolute atomic E-state index is 14.4. The summed E-state index contributed by atoms with van der Waals surface area (Å²) in [6.45, 7) is 4.57. The number of alkyl carbamates (subject to hydrolysis) is 1. The van der Waals surface area contributed by atoms with Gasteiger partial charge in [0.05, 0.1) is 11.6 Å². The number of cyclic esters (lactones) is 1. The van der Waals surface area contributed by atoms with Crippen LogP contribution in [-0.4, -0.2) is 72.5 Å². The van der Waals surface area contributed by atoms with E-state index in [1.54, 1.807) is 0 Å². The van der Waals surface area contributed by atoms with Crippen LogP contribution in [0.1, 0.15) is 64.7 Å². The van der Waals surface area contributed by atoms with Gasteiger partial charge < -0.3 is 25.6 Å². The fourth-order valence-corrected chi connectivity index (χ4v) is 6.81. The van der Waals surface area contributed by atoms with Crippen LogP contribution in [0.5, 0.6) is 0 Å². The summed E-state index contributed by atoms with van der Waals surface area (Å²) < 4.78 is 19.5. The molecule has 0 bridgehead atoms. The normalized spacial score (nSPS) is 42.6. The minimum absolute atomic E-state index is 0.0145. The molecular weight excluding hydrogens is 399 g/mol. The van der Waals surface area contributed by atoms with E-state index < -0.39 is 6.17 Å². The van der Waals surface area contributed by atoms with E-state index in [2.05, 4.69) is 27.8 Å². The second-order valence-electron chi connectivity index (χ2n) is 10.8. The second kappa shape index (κ2) is 8.50. The van der Waals surface area contributed by atoms with Crippen LogP contribution in [0.15, 0.2) is 0 Å². The summed E-state index contributed by atoms with van der Waals surface area (Å²) in [5, 5.41) is 9.76. The Morgan fingerprint density at radius 3 is 2.71 bits per heavy atom. The quantitative estimate of drug-likeness (QED) is 0.631. The number of hydrogen-bond donors (Lipinski definition) is 3. The summed E-state index contributed by atoms with van der Waals surface area (Å²) in [6, 6.07) is 0.554. The Morgan fingerprint density at radius 1 is 1.19 bits per heavy atom. The topological polar surface area (TPSA) is 82.7 Å². The summed E-state index contributed by atoms with van der Waals surface area (Å²) in [6.07, 6.45) is 7.21. The number of ether oxygens (including phenoxy) is 1. The molecule has 2 saturated carbocycles. The number of fused-ring (bicyclic) bond motifs is 1. The van der Waals surface area contributed by atoms with Crippen molar-refractivity contribution in [3.05, 3.63) is 0 Å². The first-order chi connectivity index (χ1) is 14.9. The number of nitrogens with zero attached hydrogens (tertiary/aromatic N) is 1. The third-order valence-corrected chi connectivity index (χ3v) is 8.77. The highest BCUT2D eigenvalue weighted by atomic mass is 19.1. The van der Waals surface area contributed by atoms with Gasteiger partial charge in [-0.25, -0.2) is 9.18 Å². The van der Waals surface area contributed by atoms with Gasteiger partial charge in [0.2, 0.25) is 5.91 Å². The molecule has 3 aliphatic heterocycles. The summed E-state index contributed by atoms with van der Waals surface area (Å²) in [4.78, 5) is 27.0. The number of nitrogens with one attached hydrogen (secondary N) is 3. The van der Waals surface area contributed by atoms with Crippen LogP contribution < -0.4 is 16.0 Å². The first-order valence-corrected chi connectivity index (χ1v) is 12.3. The van der Waals surface area contributed by atoms with E-state index in [9.17, 15) is 14.0 Å². The molecule has 5 aliphatic rings. The first-order valence-electron chi connectivity index (χ1n) is 12.3. The molecule has 31 heavy (non-hydrogen) atoms. The van der Waals surface area contributed by atoms with Crippen molar-refractivity contribution in [1.82, 2.24) is 20.9 Å². The zero-order valence-electron chi connectivity index (χ0n) is 18.6. The summed E-state index contributed by atoms with van der Waals surface area (Å²) >= 11 is 0. The van der Waals surface area contributed by atoms with Crippen molar-refractivity contribution in [3.8, 4) is 0 Å². The van der Waals surface area contributed by atoms with E-state index in [0.717, 1.165) is 58.0 Å². The van der Waals surface area contributed by atoms with Gasteiger partial charge in [-0.1, -0.05) is 6.92 Å². The lowest BCUT2D eigenvalue weighted by Gasteiger charge is -2.44. The fraction of sp³-hybridized carbons (Fsp3) is 0.913. The smallest absolute Gasteiger partial charge is 0.407 e. The molecule has 5 rings (SSSR count). The van der Waals surface area contributed by atoms with Crippen molar-refractivity contribution in [3.63, 3.8) is 0 Å². The Balaban J connectivity index is 1.12. The average molecular weight is 437 g/mol. The molecule has 2 amide bonds. The molecule has 7 nitrogen and oxygen atoms in total. The van der Waals surface area contributed by atoms with Gasteiger partial charge in [0.1, 0.15) is 12.8 Å². The van der Waals surface area contributed by atoms with Crippen molar-refractivity contribution in [2.24, 2.45) is 11.8 Å². The Labute approximate surface area is 184 Å². The molecule has 2 aliphatic carbocycles. The molecule has 174 valence electrons. The number of amides is 2. The number of carbonyl (C=O) groups is 2. The SMILES string of the molecule is CC1CCC(F)C2CC(C(=O)N[C@@H]3CCC[C@@H](N4CCC5(CC4)COC(=O)N5)C3)NC12. The highest BCUT2D eigenvalue weighted by Gasteiger charge is 2.47. The molecule has 0 radical (unpaired) electrons. The van der Waals surface area contributed by atoms with Gasteiger partial charge in [-0.05, 0) is 63.7 Å². The fourth-order valence-electron chi connectivity index (χ4n) is 6.81. The summed E-state index contributed by atoms with van der Waals surface area (Å²) in [5.41, 5.74) is -0.174. The predicted octanol–water partition coefficient (Wildman–Crippen LogP) is 2.10. The van der Waals surface area contributed by atoms with E-state index in [-0.39, 0.29) is 41.6 Å². The van der Waals surface area contributed by atoms with E-state index in [4.69, 9.17) is 4.74 Å². The van der Waals surface area contributed by atoms with E-state index >= 15 is 0 Å². The van der Waals surface area contributed by atoms with Crippen LogP contribution in [0.3, 0.4) is 0 Å². The van der Waals surface area contributed by atoms with E-state index in [1.807, 2.05) is 0 Å². The van der Waals surface area contributed by atoms with Crippen molar-refractivity contribution in [1.29, 1.82) is 0 Å². The summed E-state index contributed by atoms with van der Waals surface area (Å²) in [5.74, 6) is 0.480. The Bertz CT molecular complexity index is 680. The highest BCUT2D eigenvalue weighted by Crippen LogP contribution is 2.39. The lowest BCUT2D eigenvalue weighted by molar-refractivity contribution is -0.124. The molecule has 5 fully saturated rings. The van der Waals surface area contributed by atoms with Crippen molar-refractivity contribution in [2.75, 3.05) is 19.7 Å². The third-order valence-electron chi connectivity index (χ3n) is 8.77. The van der Waals surface area contributed by atoms with Crippen LogP contribution in [0.2, 0.25) is 0 Å². The number of rotatable bonds is 3. The van der Waals surface area contributed by atoms with Gasteiger partial charge in [0, 0.05) is 37.1 Å². The molecule has 0 aromatic carbocycles. The molecule has 3 N–H and O–H groups in total. The van der Waals surface area contributed by atoms with Gasteiger partial charge in [-0.3, -0.25) is 4.79 Å². The van der Waals surface area contributed by atoms with Crippen molar-refractivity contribution < 1.29 is 18.7 Å². The lowest BCUT2D eigenvalue weighted by atomic mass is 9.77. The molecule has 8 heteroatoms.